The molecule has 0 aliphatic heterocycles. The van der Waals surface area contributed by atoms with Crippen LogP contribution in [-0.2, 0) is 6.54 Å². The summed E-state index contributed by atoms with van der Waals surface area (Å²) in [6.45, 7) is 0.549. The first-order chi connectivity index (χ1) is 10.3. The number of aromatic nitrogens is 2. The van der Waals surface area contributed by atoms with Crippen molar-refractivity contribution in [1.29, 1.82) is 0 Å². The molecule has 0 fully saturated rings. The van der Waals surface area contributed by atoms with Crippen molar-refractivity contribution in [3.05, 3.63) is 60.5 Å². The standard InChI is InChI=1S/C16H15N3O2/c1-17-11-15-18-16(19-21-15)12-6-5-9-14(10-12)20-13-7-3-2-4-8-13/h2-10,17H,11H2,1H3. The van der Waals surface area contributed by atoms with Gasteiger partial charge in [0, 0.05) is 5.56 Å². The van der Waals surface area contributed by atoms with Gasteiger partial charge in [-0.3, -0.25) is 0 Å². The quantitative estimate of drug-likeness (QED) is 0.778. The molecule has 0 radical (unpaired) electrons. The summed E-state index contributed by atoms with van der Waals surface area (Å²) >= 11 is 0. The van der Waals surface area contributed by atoms with Gasteiger partial charge in [-0.1, -0.05) is 35.5 Å². The third-order valence-electron chi connectivity index (χ3n) is 2.87. The molecule has 5 heteroatoms. The third-order valence-corrected chi connectivity index (χ3v) is 2.87. The largest absolute Gasteiger partial charge is 0.457 e. The van der Waals surface area contributed by atoms with Crippen molar-refractivity contribution in [2.45, 2.75) is 6.54 Å². The second-order valence-corrected chi connectivity index (χ2v) is 4.48. The number of nitrogens with zero attached hydrogens (tertiary/aromatic N) is 2. The fourth-order valence-electron chi connectivity index (χ4n) is 1.92. The van der Waals surface area contributed by atoms with Gasteiger partial charge in [0.15, 0.2) is 0 Å². The Kier molecular flexibility index (Phi) is 3.93. The summed E-state index contributed by atoms with van der Waals surface area (Å²) in [4.78, 5) is 4.32. The summed E-state index contributed by atoms with van der Waals surface area (Å²) in [6.07, 6.45) is 0. The highest BCUT2D eigenvalue weighted by atomic mass is 16.5. The van der Waals surface area contributed by atoms with E-state index in [9.17, 15) is 0 Å². The molecule has 0 saturated carbocycles. The fourth-order valence-corrected chi connectivity index (χ4v) is 1.92. The van der Waals surface area contributed by atoms with E-state index >= 15 is 0 Å². The smallest absolute Gasteiger partial charge is 0.240 e. The lowest BCUT2D eigenvalue weighted by atomic mass is 10.2. The van der Waals surface area contributed by atoms with Gasteiger partial charge in [-0.15, -0.1) is 0 Å². The number of hydrogen-bond donors (Lipinski definition) is 1. The van der Waals surface area contributed by atoms with E-state index in [4.69, 9.17) is 9.26 Å². The lowest BCUT2D eigenvalue weighted by Gasteiger charge is -2.05. The molecule has 2 aromatic carbocycles. The molecule has 21 heavy (non-hydrogen) atoms. The molecule has 1 N–H and O–H groups in total. The van der Waals surface area contributed by atoms with Crippen molar-refractivity contribution in [1.82, 2.24) is 15.5 Å². The fraction of sp³-hybridized carbons (Fsp3) is 0.125. The SMILES string of the molecule is CNCc1nc(-c2cccc(Oc3ccccc3)c2)no1. The molecular weight excluding hydrogens is 266 g/mol. The number of para-hydroxylation sites is 1. The Bertz CT molecular complexity index is 710. The molecule has 3 rings (SSSR count). The minimum Gasteiger partial charge on any atom is -0.457 e. The number of ether oxygens (including phenoxy) is 1. The summed E-state index contributed by atoms with van der Waals surface area (Å²) in [5, 5.41) is 6.94. The Morgan fingerprint density at radius 3 is 2.67 bits per heavy atom. The topological polar surface area (TPSA) is 60.2 Å². The zero-order chi connectivity index (χ0) is 14.5. The van der Waals surface area contributed by atoms with E-state index < -0.39 is 0 Å². The molecule has 1 aromatic heterocycles. The predicted molar refractivity (Wildman–Crippen MR) is 79.0 cm³/mol. The first-order valence-electron chi connectivity index (χ1n) is 6.65. The maximum atomic E-state index is 5.80. The van der Waals surface area contributed by atoms with Crippen LogP contribution < -0.4 is 10.1 Å². The van der Waals surface area contributed by atoms with Gasteiger partial charge in [0.05, 0.1) is 6.54 Å². The van der Waals surface area contributed by atoms with E-state index in [1.54, 1.807) is 0 Å². The molecule has 0 bridgehead atoms. The van der Waals surface area contributed by atoms with Gasteiger partial charge < -0.3 is 14.6 Å². The monoisotopic (exact) mass is 281 g/mol. The minimum absolute atomic E-state index is 0.549. The van der Waals surface area contributed by atoms with Crippen LogP contribution in [0.4, 0.5) is 0 Å². The Hall–Kier alpha value is -2.66. The van der Waals surface area contributed by atoms with Crippen molar-refractivity contribution in [2.75, 3.05) is 7.05 Å². The lowest BCUT2D eigenvalue weighted by Crippen LogP contribution is -2.04. The summed E-state index contributed by atoms with van der Waals surface area (Å²) in [5.41, 5.74) is 0.856. The Morgan fingerprint density at radius 1 is 1.05 bits per heavy atom. The summed E-state index contributed by atoms with van der Waals surface area (Å²) in [7, 11) is 1.83. The van der Waals surface area contributed by atoms with Crippen molar-refractivity contribution in [2.24, 2.45) is 0 Å². The Labute approximate surface area is 122 Å². The van der Waals surface area contributed by atoms with Crippen molar-refractivity contribution >= 4 is 0 Å². The van der Waals surface area contributed by atoms with E-state index in [0.717, 1.165) is 17.1 Å². The van der Waals surface area contributed by atoms with Crippen LogP contribution in [0.15, 0.2) is 59.1 Å². The minimum atomic E-state index is 0.549. The van der Waals surface area contributed by atoms with Gasteiger partial charge in [-0.05, 0) is 31.3 Å². The maximum Gasteiger partial charge on any atom is 0.240 e. The van der Waals surface area contributed by atoms with Gasteiger partial charge in [0.25, 0.3) is 0 Å². The zero-order valence-corrected chi connectivity index (χ0v) is 11.6. The molecule has 3 aromatic rings. The molecular formula is C16H15N3O2. The van der Waals surface area contributed by atoms with Crippen LogP contribution >= 0.6 is 0 Å². The summed E-state index contributed by atoms with van der Waals surface area (Å²) in [5.74, 6) is 2.64. The van der Waals surface area contributed by atoms with Crippen molar-refractivity contribution in [3.63, 3.8) is 0 Å². The first-order valence-corrected chi connectivity index (χ1v) is 6.65. The van der Waals surface area contributed by atoms with E-state index in [-0.39, 0.29) is 0 Å². The Balaban J connectivity index is 1.82. The van der Waals surface area contributed by atoms with Crippen LogP contribution in [0.5, 0.6) is 11.5 Å². The van der Waals surface area contributed by atoms with Crippen LogP contribution in [0.25, 0.3) is 11.4 Å². The molecule has 0 saturated heterocycles. The molecule has 0 spiro atoms. The van der Waals surface area contributed by atoms with E-state index in [0.29, 0.717) is 18.3 Å². The predicted octanol–water partition coefficient (Wildman–Crippen LogP) is 3.25. The van der Waals surface area contributed by atoms with Gasteiger partial charge in [-0.25, -0.2) is 0 Å². The van der Waals surface area contributed by atoms with E-state index in [2.05, 4.69) is 15.5 Å². The lowest BCUT2D eigenvalue weighted by molar-refractivity contribution is 0.372. The normalized spacial score (nSPS) is 10.5. The average Bonchev–Trinajstić information content (AvgIpc) is 2.98. The first kappa shape index (κ1) is 13.3. The van der Waals surface area contributed by atoms with Crippen LogP contribution in [0.2, 0.25) is 0 Å². The number of nitrogens with one attached hydrogen (secondary N) is 1. The molecule has 0 atom stereocenters. The van der Waals surface area contributed by atoms with E-state index in [1.165, 1.54) is 0 Å². The Morgan fingerprint density at radius 2 is 1.86 bits per heavy atom. The van der Waals surface area contributed by atoms with Crippen LogP contribution in [0.3, 0.4) is 0 Å². The summed E-state index contributed by atoms with van der Waals surface area (Å²) in [6, 6.07) is 17.2. The molecule has 1 heterocycles. The van der Waals surface area contributed by atoms with Gasteiger partial charge >= 0.3 is 0 Å². The highest BCUT2D eigenvalue weighted by molar-refractivity contribution is 5.57. The second kappa shape index (κ2) is 6.19. The van der Waals surface area contributed by atoms with Crippen LogP contribution in [0.1, 0.15) is 5.89 Å². The number of hydrogen-bond acceptors (Lipinski definition) is 5. The molecule has 0 aliphatic carbocycles. The highest BCUT2D eigenvalue weighted by Gasteiger charge is 2.09. The molecule has 0 amide bonds. The molecule has 5 nitrogen and oxygen atoms in total. The highest BCUT2D eigenvalue weighted by Crippen LogP contribution is 2.25. The van der Waals surface area contributed by atoms with Crippen LogP contribution in [0, 0.1) is 0 Å². The second-order valence-electron chi connectivity index (χ2n) is 4.48. The zero-order valence-electron chi connectivity index (χ0n) is 11.6. The summed E-state index contributed by atoms with van der Waals surface area (Å²) < 4.78 is 10.9. The third kappa shape index (κ3) is 3.27. The number of rotatable bonds is 5. The van der Waals surface area contributed by atoms with Crippen molar-refractivity contribution in [3.8, 4) is 22.9 Å². The maximum absolute atomic E-state index is 5.80. The number of benzene rings is 2. The van der Waals surface area contributed by atoms with Crippen molar-refractivity contribution < 1.29 is 9.26 Å². The van der Waals surface area contributed by atoms with Gasteiger partial charge in [0.2, 0.25) is 11.7 Å². The van der Waals surface area contributed by atoms with Gasteiger partial charge in [-0.2, -0.15) is 4.98 Å². The molecule has 0 aliphatic rings. The average molecular weight is 281 g/mol. The van der Waals surface area contributed by atoms with Crippen LogP contribution in [-0.4, -0.2) is 17.2 Å². The molecule has 106 valence electrons. The van der Waals surface area contributed by atoms with E-state index in [1.807, 2.05) is 61.6 Å². The van der Waals surface area contributed by atoms with Gasteiger partial charge in [0.1, 0.15) is 11.5 Å². The molecule has 0 unspecified atom stereocenters.